The molecule has 1 aliphatic heterocycles. The summed E-state index contributed by atoms with van der Waals surface area (Å²) in [6.45, 7) is 0.990. The second-order valence-corrected chi connectivity index (χ2v) is 3.38. The van der Waals surface area contributed by atoms with E-state index in [2.05, 4.69) is 16.0 Å². The molecule has 0 fully saturated rings. The minimum absolute atomic E-state index is 0.990. The number of pyridine rings is 1. The normalized spacial score (nSPS) is 17.7. The van der Waals surface area contributed by atoms with Crippen molar-refractivity contribution in [1.29, 1.82) is 0 Å². The van der Waals surface area contributed by atoms with Crippen LogP contribution in [0.15, 0.2) is 29.5 Å². The highest BCUT2D eigenvalue weighted by Gasteiger charge is 2.05. The summed E-state index contributed by atoms with van der Waals surface area (Å²) in [5, 5.41) is 0. The van der Waals surface area contributed by atoms with Crippen molar-refractivity contribution in [3.8, 4) is 0 Å². The van der Waals surface area contributed by atoms with Gasteiger partial charge < -0.3 is 0 Å². The topological polar surface area (TPSA) is 25.2 Å². The zero-order chi connectivity index (χ0) is 8.93. The first-order valence-electron chi connectivity index (χ1n) is 4.90. The van der Waals surface area contributed by atoms with Crippen LogP contribution in [0.25, 0.3) is 0 Å². The maximum Gasteiger partial charge on any atom is 0.0436 e. The maximum atomic E-state index is 4.57. The molecule has 2 nitrogen and oxygen atoms in total. The summed E-state index contributed by atoms with van der Waals surface area (Å²) in [6.07, 6.45) is 8.65. The SMILES string of the molecule is c1cncc(C2=NCCCCC2)c1. The fraction of sp³-hybridized carbons (Fsp3) is 0.455. The molecule has 0 amide bonds. The Balaban J connectivity index is 2.19. The van der Waals surface area contributed by atoms with E-state index in [0.29, 0.717) is 0 Å². The monoisotopic (exact) mass is 174 g/mol. The second-order valence-electron chi connectivity index (χ2n) is 3.38. The van der Waals surface area contributed by atoms with Crippen molar-refractivity contribution < 1.29 is 0 Å². The summed E-state index contributed by atoms with van der Waals surface area (Å²) in [5.74, 6) is 0. The molecule has 2 heteroatoms. The highest BCUT2D eigenvalue weighted by atomic mass is 14.7. The third-order valence-electron chi connectivity index (χ3n) is 2.37. The molecule has 0 unspecified atom stereocenters. The lowest BCUT2D eigenvalue weighted by Crippen LogP contribution is -2.00. The zero-order valence-corrected chi connectivity index (χ0v) is 7.74. The highest BCUT2D eigenvalue weighted by molar-refractivity contribution is 6.00. The molecule has 1 aliphatic rings. The fourth-order valence-corrected chi connectivity index (χ4v) is 1.64. The average Bonchev–Trinajstić information content (AvgIpc) is 2.47. The highest BCUT2D eigenvalue weighted by Crippen LogP contribution is 2.12. The molecule has 0 bridgehead atoms. The van der Waals surface area contributed by atoms with Gasteiger partial charge in [0.15, 0.2) is 0 Å². The summed E-state index contributed by atoms with van der Waals surface area (Å²) < 4.78 is 0. The Morgan fingerprint density at radius 2 is 2.15 bits per heavy atom. The van der Waals surface area contributed by atoms with Crippen LogP contribution in [-0.4, -0.2) is 17.2 Å². The summed E-state index contributed by atoms with van der Waals surface area (Å²) in [5.41, 5.74) is 2.44. The Kier molecular flexibility index (Phi) is 2.70. The first-order chi connectivity index (χ1) is 6.47. The second kappa shape index (κ2) is 4.17. The van der Waals surface area contributed by atoms with Crippen molar-refractivity contribution in [2.24, 2.45) is 4.99 Å². The van der Waals surface area contributed by atoms with Crippen LogP contribution in [0.1, 0.15) is 31.2 Å². The lowest BCUT2D eigenvalue weighted by molar-refractivity contribution is 0.731. The fourth-order valence-electron chi connectivity index (χ4n) is 1.64. The van der Waals surface area contributed by atoms with Crippen LogP contribution >= 0.6 is 0 Å². The Labute approximate surface area is 78.7 Å². The van der Waals surface area contributed by atoms with Crippen LogP contribution in [0.5, 0.6) is 0 Å². The van der Waals surface area contributed by atoms with E-state index in [-0.39, 0.29) is 0 Å². The van der Waals surface area contributed by atoms with E-state index in [1.54, 1.807) is 6.20 Å². The van der Waals surface area contributed by atoms with Gasteiger partial charge in [-0.1, -0.05) is 12.5 Å². The lowest BCUT2D eigenvalue weighted by atomic mass is 10.1. The summed E-state index contributed by atoms with van der Waals surface area (Å²) >= 11 is 0. The molecule has 1 aromatic rings. The minimum Gasteiger partial charge on any atom is -0.289 e. The largest absolute Gasteiger partial charge is 0.289 e. The molecule has 0 N–H and O–H groups in total. The molecule has 68 valence electrons. The van der Waals surface area contributed by atoms with Gasteiger partial charge in [0.2, 0.25) is 0 Å². The molecule has 0 spiro atoms. The van der Waals surface area contributed by atoms with Crippen molar-refractivity contribution in [2.45, 2.75) is 25.7 Å². The molecule has 13 heavy (non-hydrogen) atoms. The number of aliphatic imine (C=N–C) groups is 1. The number of hydrogen-bond acceptors (Lipinski definition) is 2. The Hall–Kier alpha value is -1.18. The van der Waals surface area contributed by atoms with E-state index in [1.165, 1.54) is 30.5 Å². The van der Waals surface area contributed by atoms with Gasteiger partial charge in [-0.3, -0.25) is 9.98 Å². The molecule has 0 saturated carbocycles. The summed E-state index contributed by atoms with van der Waals surface area (Å²) in [7, 11) is 0. The van der Waals surface area contributed by atoms with Gasteiger partial charge in [0, 0.05) is 30.2 Å². The van der Waals surface area contributed by atoms with Gasteiger partial charge in [-0.05, 0) is 25.3 Å². The predicted molar refractivity (Wildman–Crippen MR) is 54.1 cm³/mol. The van der Waals surface area contributed by atoms with Gasteiger partial charge in [-0.15, -0.1) is 0 Å². The Morgan fingerprint density at radius 3 is 3.00 bits per heavy atom. The van der Waals surface area contributed by atoms with Crippen molar-refractivity contribution >= 4 is 5.71 Å². The standard InChI is InChI=1S/C11H14N2/c1-2-6-11(13-8-3-1)10-5-4-7-12-9-10/h4-5,7,9H,1-3,6,8H2. The first kappa shape index (κ1) is 8.42. The molecule has 0 atom stereocenters. The molecule has 0 radical (unpaired) electrons. The summed E-state index contributed by atoms with van der Waals surface area (Å²) in [4.78, 5) is 8.68. The molecule has 2 rings (SSSR count). The van der Waals surface area contributed by atoms with E-state index in [9.17, 15) is 0 Å². The van der Waals surface area contributed by atoms with Crippen molar-refractivity contribution in [1.82, 2.24) is 4.98 Å². The van der Waals surface area contributed by atoms with Gasteiger partial charge in [0.25, 0.3) is 0 Å². The Bertz CT molecular complexity index is 290. The average molecular weight is 174 g/mol. The van der Waals surface area contributed by atoms with Gasteiger partial charge in [-0.25, -0.2) is 0 Å². The van der Waals surface area contributed by atoms with Crippen LogP contribution < -0.4 is 0 Å². The number of hydrogen-bond donors (Lipinski definition) is 0. The smallest absolute Gasteiger partial charge is 0.0436 e. The number of rotatable bonds is 1. The Morgan fingerprint density at radius 1 is 1.15 bits per heavy atom. The van der Waals surface area contributed by atoms with E-state index >= 15 is 0 Å². The molecule has 2 heterocycles. The molecular formula is C11H14N2. The van der Waals surface area contributed by atoms with Gasteiger partial charge in [0.1, 0.15) is 0 Å². The summed E-state index contributed by atoms with van der Waals surface area (Å²) in [6, 6.07) is 4.07. The maximum absolute atomic E-state index is 4.57. The molecule has 0 aromatic carbocycles. The van der Waals surface area contributed by atoms with Crippen molar-refractivity contribution in [3.63, 3.8) is 0 Å². The third kappa shape index (κ3) is 2.14. The van der Waals surface area contributed by atoms with Crippen LogP contribution in [0.2, 0.25) is 0 Å². The van der Waals surface area contributed by atoms with Gasteiger partial charge >= 0.3 is 0 Å². The van der Waals surface area contributed by atoms with Crippen LogP contribution in [0.4, 0.5) is 0 Å². The first-order valence-corrected chi connectivity index (χ1v) is 4.90. The lowest BCUT2D eigenvalue weighted by Gasteiger charge is -2.01. The van der Waals surface area contributed by atoms with Crippen LogP contribution in [-0.2, 0) is 0 Å². The van der Waals surface area contributed by atoms with E-state index < -0.39 is 0 Å². The van der Waals surface area contributed by atoms with Gasteiger partial charge in [-0.2, -0.15) is 0 Å². The predicted octanol–water partition coefficient (Wildman–Crippen LogP) is 2.44. The number of aromatic nitrogens is 1. The molecule has 0 aliphatic carbocycles. The van der Waals surface area contributed by atoms with E-state index in [1.807, 2.05) is 12.3 Å². The van der Waals surface area contributed by atoms with Crippen molar-refractivity contribution in [2.75, 3.05) is 6.54 Å². The van der Waals surface area contributed by atoms with Crippen LogP contribution in [0, 0.1) is 0 Å². The number of nitrogens with zero attached hydrogens (tertiary/aromatic N) is 2. The van der Waals surface area contributed by atoms with Gasteiger partial charge in [0.05, 0.1) is 0 Å². The third-order valence-corrected chi connectivity index (χ3v) is 2.37. The molecular weight excluding hydrogens is 160 g/mol. The van der Waals surface area contributed by atoms with E-state index in [4.69, 9.17) is 0 Å². The quantitative estimate of drug-likeness (QED) is 0.642. The van der Waals surface area contributed by atoms with Crippen LogP contribution in [0.3, 0.4) is 0 Å². The zero-order valence-electron chi connectivity index (χ0n) is 7.74. The molecule has 0 saturated heterocycles. The van der Waals surface area contributed by atoms with Crippen molar-refractivity contribution in [3.05, 3.63) is 30.1 Å². The van der Waals surface area contributed by atoms with E-state index in [0.717, 1.165) is 13.0 Å². The molecule has 1 aromatic heterocycles. The minimum atomic E-state index is 0.990.